The number of aryl methyl sites for hydroxylation is 1. The molecule has 0 bridgehead atoms. The number of hydrogen-bond donors (Lipinski definition) is 2. The van der Waals surface area contributed by atoms with Crippen molar-refractivity contribution in [1.29, 1.82) is 0 Å². The SMILES string of the molecule is CC(SCC(=O)NCCCn1ccnc1)c1nc2ccccc2[nH]1. The molecular weight excluding hydrogens is 322 g/mol. The highest BCUT2D eigenvalue weighted by atomic mass is 32.2. The van der Waals surface area contributed by atoms with Crippen molar-refractivity contribution < 1.29 is 4.79 Å². The summed E-state index contributed by atoms with van der Waals surface area (Å²) in [5.41, 5.74) is 1.99. The van der Waals surface area contributed by atoms with Gasteiger partial charge in [-0.2, -0.15) is 0 Å². The highest BCUT2D eigenvalue weighted by Crippen LogP contribution is 2.27. The molecule has 6 nitrogen and oxygen atoms in total. The van der Waals surface area contributed by atoms with Gasteiger partial charge in [0.05, 0.1) is 28.4 Å². The molecule has 0 radical (unpaired) electrons. The number of H-pyrrole nitrogens is 1. The van der Waals surface area contributed by atoms with Crippen molar-refractivity contribution in [2.75, 3.05) is 12.3 Å². The van der Waals surface area contributed by atoms with Crippen LogP contribution in [0.25, 0.3) is 11.0 Å². The number of amides is 1. The maximum atomic E-state index is 11.9. The van der Waals surface area contributed by atoms with Gasteiger partial charge in [0, 0.05) is 25.5 Å². The van der Waals surface area contributed by atoms with Crippen LogP contribution in [-0.4, -0.2) is 37.7 Å². The Labute approximate surface area is 145 Å². The second-order valence-corrected chi connectivity index (χ2v) is 6.93. The van der Waals surface area contributed by atoms with E-state index >= 15 is 0 Å². The van der Waals surface area contributed by atoms with E-state index < -0.39 is 0 Å². The minimum atomic E-state index is 0.0635. The first-order valence-electron chi connectivity index (χ1n) is 8.01. The van der Waals surface area contributed by atoms with Crippen LogP contribution in [-0.2, 0) is 11.3 Å². The van der Waals surface area contributed by atoms with Gasteiger partial charge in [0.15, 0.2) is 0 Å². The summed E-state index contributed by atoms with van der Waals surface area (Å²) in [4.78, 5) is 23.8. The lowest BCUT2D eigenvalue weighted by Crippen LogP contribution is -2.27. The van der Waals surface area contributed by atoms with E-state index in [4.69, 9.17) is 0 Å². The summed E-state index contributed by atoms with van der Waals surface area (Å²) in [5, 5.41) is 3.10. The Morgan fingerprint density at radius 3 is 3.08 bits per heavy atom. The van der Waals surface area contributed by atoms with Crippen molar-refractivity contribution in [2.45, 2.75) is 25.1 Å². The number of nitrogens with one attached hydrogen (secondary N) is 2. The minimum Gasteiger partial charge on any atom is -0.355 e. The van der Waals surface area contributed by atoms with Crippen LogP contribution in [0.2, 0.25) is 0 Å². The fourth-order valence-corrected chi connectivity index (χ4v) is 3.18. The number of benzene rings is 1. The van der Waals surface area contributed by atoms with Crippen LogP contribution in [0.15, 0.2) is 43.0 Å². The van der Waals surface area contributed by atoms with E-state index in [2.05, 4.69) is 27.2 Å². The molecule has 0 aliphatic rings. The first-order valence-corrected chi connectivity index (χ1v) is 9.06. The summed E-state index contributed by atoms with van der Waals surface area (Å²) in [6.45, 7) is 3.61. The molecule has 1 atom stereocenters. The van der Waals surface area contributed by atoms with E-state index in [1.165, 1.54) is 0 Å². The monoisotopic (exact) mass is 343 g/mol. The summed E-state index contributed by atoms with van der Waals surface area (Å²) in [6.07, 6.45) is 6.36. The third-order valence-corrected chi connectivity index (χ3v) is 4.88. The maximum Gasteiger partial charge on any atom is 0.230 e. The van der Waals surface area contributed by atoms with E-state index in [-0.39, 0.29) is 11.2 Å². The van der Waals surface area contributed by atoms with Crippen molar-refractivity contribution in [1.82, 2.24) is 24.8 Å². The second-order valence-electron chi connectivity index (χ2n) is 5.60. The van der Waals surface area contributed by atoms with Crippen LogP contribution in [0.3, 0.4) is 0 Å². The van der Waals surface area contributed by atoms with Crippen molar-refractivity contribution in [3.8, 4) is 0 Å². The predicted molar refractivity (Wildman–Crippen MR) is 96.8 cm³/mol. The van der Waals surface area contributed by atoms with E-state index in [9.17, 15) is 4.79 Å². The first kappa shape index (κ1) is 16.6. The molecule has 1 aromatic carbocycles. The number of imidazole rings is 2. The lowest BCUT2D eigenvalue weighted by atomic mass is 10.3. The van der Waals surface area contributed by atoms with E-state index in [0.717, 1.165) is 29.8 Å². The summed E-state index contributed by atoms with van der Waals surface area (Å²) >= 11 is 1.59. The minimum absolute atomic E-state index is 0.0635. The maximum absolute atomic E-state index is 11.9. The van der Waals surface area contributed by atoms with Gasteiger partial charge in [-0.3, -0.25) is 4.79 Å². The Morgan fingerprint density at radius 1 is 1.42 bits per heavy atom. The van der Waals surface area contributed by atoms with Gasteiger partial charge in [-0.05, 0) is 25.5 Å². The highest BCUT2D eigenvalue weighted by molar-refractivity contribution is 8.00. The summed E-state index contributed by atoms with van der Waals surface area (Å²) in [5.74, 6) is 1.41. The van der Waals surface area contributed by atoms with Gasteiger partial charge in [-0.25, -0.2) is 9.97 Å². The molecule has 0 saturated heterocycles. The van der Waals surface area contributed by atoms with Crippen LogP contribution in [0.5, 0.6) is 0 Å². The number of para-hydroxylation sites is 2. The van der Waals surface area contributed by atoms with Crippen LogP contribution in [0.1, 0.15) is 24.4 Å². The highest BCUT2D eigenvalue weighted by Gasteiger charge is 2.13. The third kappa shape index (κ3) is 4.38. The average molecular weight is 343 g/mol. The molecule has 0 spiro atoms. The largest absolute Gasteiger partial charge is 0.355 e. The molecule has 1 amide bonds. The Hall–Kier alpha value is -2.28. The van der Waals surface area contributed by atoms with Crippen molar-refractivity contribution in [3.05, 3.63) is 48.8 Å². The number of fused-ring (bicyclic) bond motifs is 1. The molecule has 0 aliphatic heterocycles. The number of hydrogen-bond acceptors (Lipinski definition) is 4. The zero-order chi connectivity index (χ0) is 16.8. The molecule has 3 aromatic rings. The lowest BCUT2D eigenvalue weighted by Gasteiger charge is -2.09. The third-order valence-electron chi connectivity index (χ3n) is 3.73. The number of aromatic amines is 1. The first-order chi connectivity index (χ1) is 11.7. The van der Waals surface area contributed by atoms with Crippen LogP contribution < -0.4 is 5.32 Å². The van der Waals surface area contributed by atoms with Crippen LogP contribution in [0, 0.1) is 0 Å². The topological polar surface area (TPSA) is 75.6 Å². The molecule has 126 valence electrons. The molecule has 1 unspecified atom stereocenters. The van der Waals surface area contributed by atoms with Crippen molar-refractivity contribution >= 4 is 28.7 Å². The Morgan fingerprint density at radius 2 is 2.29 bits per heavy atom. The standard InChI is InChI=1S/C17H21N5OS/c1-13(17-20-14-5-2-3-6-15(14)21-17)24-11-16(23)19-7-4-9-22-10-8-18-12-22/h2-3,5-6,8,10,12-13H,4,7,9,11H2,1H3,(H,19,23)(H,20,21). The number of carbonyl (C=O) groups excluding carboxylic acids is 1. The molecule has 3 rings (SSSR count). The van der Waals surface area contributed by atoms with Crippen molar-refractivity contribution in [2.24, 2.45) is 0 Å². The molecule has 24 heavy (non-hydrogen) atoms. The van der Waals surface area contributed by atoms with Gasteiger partial charge in [0.2, 0.25) is 5.91 Å². The molecule has 2 N–H and O–H groups in total. The Kier molecular flexibility index (Phi) is 5.53. The zero-order valence-corrected chi connectivity index (χ0v) is 14.4. The van der Waals surface area contributed by atoms with Gasteiger partial charge in [0.1, 0.15) is 5.82 Å². The summed E-state index contributed by atoms with van der Waals surface area (Å²) in [7, 11) is 0. The lowest BCUT2D eigenvalue weighted by molar-refractivity contribution is -0.118. The molecule has 2 heterocycles. The normalized spacial score (nSPS) is 12.4. The molecule has 2 aromatic heterocycles. The molecule has 0 aliphatic carbocycles. The van der Waals surface area contributed by atoms with Gasteiger partial charge < -0.3 is 14.9 Å². The fourth-order valence-electron chi connectivity index (χ4n) is 2.40. The Bertz CT molecular complexity index is 750. The Balaban J connectivity index is 1.38. The smallest absolute Gasteiger partial charge is 0.230 e. The van der Waals surface area contributed by atoms with Crippen LogP contribution >= 0.6 is 11.8 Å². The van der Waals surface area contributed by atoms with E-state index in [1.54, 1.807) is 24.3 Å². The number of aromatic nitrogens is 4. The number of carbonyl (C=O) groups is 1. The molecule has 0 fully saturated rings. The van der Waals surface area contributed by atoms with Crippen LogP contribution in [0.4, 0.5) is 0 Å². The second kappa shape index (κ2) is 8.01. The average Bonchev–Trinajstić information content (AvgIpc) is 3.25. The van der Waals surface area contributed by atoms with E-state index in [1.807, 2.05) is 35.0 Å². The predicted octanol–water partition coefficient (Wildman–Crippen LogP) is 2.76. The zero-order valence-electron chi connectivity index (χ0n) is 13.6. The van der Waals surface area contributed by atoms with Gasteiger partial charge >= 0.3 is 0 Å². The molecule has 7 heteroatoms. The number of rotatable bonds is 8. The van der Waals surface area contributed by atoms with Gasteiger partial charge in [-0.1, -0.05) is 12.1 Å². The quantitative estimate of drug-likeness (QED) is 0.617. The fraction of sp³-hybridized carbons (Fsp3) is 0.353. The van der Waals surface area contributed by atoms with Gasteiger partial charge in [-0.15, -0.1) is 11.8 Å². The van der Waals surface area contributed by atoms with Crippen molar-refractivity contribution in [3.63, 3.8) is 0 Å². The molecule has 0 saturated carbocycles. The van der Waals surface area contributed by atoms with Gasteiger partial charge in [0.25, 0.3) is 0 Å². The van der Waals surface area contributed by atoms with E-state index in [0.29, 0.717) is 12.3 Å². The summed E-state index contributed by atoms with van der Waals surface area (Å²) < 4.78 is 2.00. The molecular formula is C17H21N5OS. The number of nitrogens with zero attached hydrogens (tertiary/aromatic N) is 3. The number of thioether (sulfide) groups is 1. The summed E-state index contributed by atoms with van der Waals surface area (Å²) in [6, 6.07) is 7.96.